The molecule has 0 bridgehead atoms. The maximum atomic E-state index is 12.7. The largest absolute Gasteiger partial charge is 0.339 e. The van der Waals surface area contributed by atoms with Gasteiger partial charge in [0, 0.05) is 25.0 Å². The molecule has 1 aliphatic heterocycles. The summed E-state index contributed by atoms with van der Waals surface area (Å²) in [5.41, 5.74) is 7.53. The lowest BCUT2D eigenvalue weighted by atomic mass is 9.95. The number of thioether (sulfide) groups is 1. The zero-order valence-corrected chi connectivity index (χ0v) is 14.0. The van der Waals surface area contributed by atoms with Crippen molar-refractivity contribution in [2.45, 2.75) is 38.0 Å². The standard InChI is InChI=1S/C17H26N2OS/c1-4-21-16(12(2)3)17(20)19-10-14(15(18)11-19)13-8-6-5-7-9-13/h5-9,12,14-16H,4,10-11,18H2,1-3H3/t14-,15+,16?/m0/s1. The molecule has 3 atom stereocenters. The average Bonchev–Trinajstić information content (AvgIpc) is 2.86. The van der Waals surface area contributed by atoms with Crippen LogP contribution >= 0.6 is 11.8 Å². The third-order valence-electron chi connectivity index (χ3n) is 4.10. The number of likely N-dealkylation sites (tertiary alicyclic amines) is 1. The molecule has 0 radical (unpaired) electrons. The van der Waals surface area contributed by atoms with Crippen molar-refractivity contribution in [3.05, 3.63) is 35.9 Å². The van der Waals surface area contributed by atoms with Crippen LogP contribution in [0.5, 0.6) is 0 Å². The smallest absolute Gasteiger partial charge is 0.236 e. The fraction of sp³-hybridized carbons (Fsp3) is 0.588. The molecule has 0 aliphatic carbocycles. The van der Waals surface area contributed by atoms with Crippen molar-refractivity contribution in [2.24, 2.45) is 11.7 Å². The summed E-state index contributed by atoms with van der Waals surface area (Å²) >= 11 is 1.75. The van der Waals surface area contributed by atoms with Crippen molar-refractivity contribution in [1.82, 2.24) is 4.90 Å². The van der Waals surface area contributed by atoms with Gasteiger partial charge in [0.25, 0.3) is 0 Å². The fourth-order valence-corrected chi connectivity index (χ4v) is 4.01. The lowest BCUT2D eigenvalue weighted by Crippen LogP contribution is -2.40. The van der Waals surface area contributed by atoms with Crippen LogP contribution in [0.1, 0.15) is 32.3 Å². The highest BCUT2D eigenvalue weighted by molar-refractivity contribution is 8.00. The second kappa shape index (κ2) is 7.32. The lowest BCUT2D eigenvalue weighted by molar-refractivity contribution is -0.130. The highest BCUT2D eigenvalue weighted by Gasteiger charge is 2.37. The molecule has 1 aliphatic rings. The summed E-state index contributed by atoms with van der Waals surface area (Å²) in [6.07, 6.45) is 0. The van der Waals surface area contributed by atoms with Crippen LogP contribution in [0.15, 0.2) is 30.3 Å². The third kappa shape index (κ3) is 3.80. The van der Waals surface area contributed by atoms with Crippen LogP contribution in [0, 0.1) is 5.92 Å². The van der Waals surface area contributed by atoms with E-state index in [1.807, 2.05) is 23.1 Å². The minimum absolute atomic E-state index is 0.0378. The first-order chi connectivity index (χ1) is 10.0. The Kier molecular flexibility index (Phi) is 5.71. The molecule has 1 saturated heterocycles. The average molecular weight is 306 g/mol. The van der Waals surface area contributed by atoms with Gasteiger partial charge in [-0.3, -0.25) is 4.79 Å². The first-order valence-corrected chi connectivity index (χ1v) is 8.80. The van der Waals surface area contributed by atoms with E-state index in [4.69, 9.17) is 5.73 Å². The fourth-order valence-electron chi connectivity index (χ4n) is 2.97. The Morgan fingerprint density at radius 3 is 2.57 bits per heavy atom. The minimum Gasteiger partial charge on any atom is -0.339 e. The van der Waals surface area contributed by atoms with E-state index >= 15 is 0 Å². The molecule has 3 nitrogen and oxygen atoms in total. The van der Waals surface area contributed by atoms with Crippen LogP contribution in [0.3, 0.4) is 0 Å². The Labute approximate surface area is 132 Å². The number of nitrogens with zero attached hydrogens (tertiary/aromatic N) is 1. The van der Waals surface area contributed by atoms with Crippen LogP contribution < -0.4 is 5.73 Å². The van der Waals surface area contributed by atoms with Gasteiger partial charge in [0.2, 0.25) is 5.91 Å². The molecular formula is C17H26N2OS. The molecule has 2 N–H and O–H groups in total. The predicted octanol–water partition coefficient (Wildman–Crippen LogP) is 2.72. The van der Waals surface area contributed by atoms with Gasteiger partial charge in [-0.2, -0.15) is 0 Å². The third-order valence-corrected chi connectivity index (χ3v) is 5.54. The molecule has 1 amide bonds. The molecular weight excluding hydrogens is 280 g/mol. The SMILES string of the molecule is CCSC(C(=O)N1C[C@@H](N)[C@H](c2ccccc2)C1)C(C)C. The molecule has 0 spiro atoms. The number of carbonyl (C=O) groups excluding carboxylic acids is 1. The number of rotatable bonds is 5. The van der Waals surface area contributed by atoms with Gasteiger partial charge in [-0.25, -0.2) is 0 Å². The Balaban J connectivity index is 2.08. The molecule has 1 aromatic rings. The molecule has 4 heteroatoms. The van der Waals surface area contributed by atoms with E-state index in [-0.39, 0.29) is 23.1 Å². The van der Waals surface area contributed by atoms with Crippen LogP contribution in [-0.4, -0.2) is 40.9 Å². The van der Waals surface area contributed by atoms with Crippen LogP contribution in [0.25, 0.3) is 0 Å². The Hall–Kier alpha value is -1.00. The summed E-state index contributed by atoms with van der Waals surface area (Å²) in [5.74, 6) is 1.84. The van der Waals surface area contributed by atoms with E-state index in [0.717, 1.165) is 12.3 Å². The van der Waals surface area contributed by atoms with Gasteiger partial charge < -0.3 is 10.6 Å². The maximum absolute atomic E-state index is 12.7. The number of hydrogen-bond acceptors (Lipinski definition) is 3. The van der Waals surface area contributed by atoms with Crippen LogP contribution in [-0.2, 0) is 4.79 Å². The molecule has 1 heterocycles. The monoisotopic (exact) mass is 306 g/mol. The van der Waals surface area contributed by atoms with Gasteiger partial charge >= 0.3 is 0 Å². The van der Waals surface area contributed by atoms with Crippen molar-refractivity contribution in [2.75, 3.05) is 18.8 Å². The molecule has 0 saturated carbocycles. The molecule has 1 fully saturated rings. The predicted molar refractivity (Wildman–Crippen MR) is 90.5 cm³/mol. The maximum Gasteiger partial charge on any atom is 0.236 e. The number of amides is 1. The summed E-state index contributed by atoms with van der Waals surface area (Å²) in [4.78, 5) is 14.7. The van der Waals surface area contributed by atoms with E-state index in [1.54, 1.807) is 11.8 Å². The molecule has 21 heavy (non-hydrogen) atoms. The van der Waals surface area contributed by atoms with Crippen molar-refractivity contribution < 1.29 is 4.79 Å². The Bertz CT molecular complexity index is 463. The number of nitrogens with two attached hydrogens (primary N) is 1. The van der Waals surface area contributed by atoms with E-state index in [2.05, 4.69) is 32.9 Å². The molecule has 1 aromatic carbocycles. The van der Waals surface area contributed by atoms with Crippen LogP contribution in [0.4, 0.5) is 0 Å². The highest BCUT2D eigenvalue weighted by Crippen LogP contribution is 2.29. The van der Waals surface area contributed by atoms with E-state index in [1.165, 1.54) is 5.56 Å². The zero-order valence-electron chi connectivity index (χ0n) is 13.2. The molecule has 1 unspecified atom stereocenters. The number of carbonyl (C=O) groups is 1. The van der Waals surface area contributed by atoms with E-state index < -0.39 is 0 Å². The highest BCUT2D eigenvalue weighted by atomic mass is 32.2. The minimum atomic E-state index is 0.0378. The normalized spacial score (nSPS) is 23.6. The van der Waals surface area contributed by atoms with E-state index in [9.17, 15) is 4.79 Å². The van der Waals surface area contributed by atoms with Crippen molar-refractivity contribution in [3.63, 3.8) is 0 Å². The summed E-state index contributed by atoms with van der Waals surface area (Å²) < 4.78 is 0. The van der Waals surface area contributed by atoms with Gasteiger partial charge in [0.1, 0.15) is 0 Å². The first-order valence-electron chi connectivity index (χ1n) is 7.75. The summed E-state index contributed by atoms with van der Waals surface area (Å²) in [7, 11) is 0. The Morgan fingerprint density at radius 1 is 1.33 bits per heavy atom. The van der Waals surface area contributed by atoms with Crippen molar-refractivity contribution in [1.29, 1.82) is 0 Å². The second-order valence-corrected chi connectivity index (χ2v) is 7.46. The molecule has 116 valence electrons. The zero-order chi connectivity index (χ0) is 15.4. The summed E-state index contributed by atoms with van der Waals surface area (Å²) in [5, 5.41) is 0.0525. The summed E-state index contributed by atoms with van der Waals surface area (Å²) in [6, 6.07) is 10.3. The molecule has 0 aromatic heterocycles. The van der Waals surface area contributed by atoms with Gasteiger partial charge in [0.15, 0.2) is 0 Å². The van der Waals surface area contributed by atoms with Gasteiger partial charge in [-0.1, -0.05) is 51.1 Å². The van der Waals surface area contributed by atoms with Gasteiger partial charge in [0.05, 0.1) is 5.25 Å². The van der Waals surface area contributed by atoms with Gasteiger partial charge in [-0.15, -0.1) is 11.8 Å². The van der Waals surface area contributed by atoms with Gasteiger partial charge in [-0.05, 0) is 17.2 Å². The Morgan fingerprint density at radius 2 is 2.00 bits per heavy atom. The number of hydrogen-bond donors (Lipinski definition) is 1. The topological polar surface area (TPSA) is 46.3 Å². The quantitative estimate of drug-likeness (QED) is 0.910. The lowest BCUT2D eigenvalue weighted by Gasteiger charge is -2.25. The van der Waals surface area contributed by atoms with Crippen molar-refractivity contribution in [3.8, 4) is 0 Å². The number of benzene rings is 1. The first kappa shape index (κ1) is 16.4. The van der Waals surface area contributed by atoms with Crippen LogP contribution in [0.2, 0.25) is 0 Å². The van der Waals surface area contributed by atoms with E-state index in [0.29, 0.717) is 12.5 Å². The second-order valence-electron chi connectivity index (χ2n) is 6.04. The molecule has 2 rings (SSSR count). The summed E-state index contributed by atoms with van der Waals surface area (Å²) in [6.45, 7) is 7.77. The van der Waals surface area contributed by atoms with Crippen molar-refractivity contribution >= 4 is 17.7 Å².